The molecule has 1 aromatic heterocycles. The number of halogens is 2. The lowest BCUT2D eigenvalue weighted by Crippen LogP contribution is -2.02. The van der Waals surface area contributed by atoms with Gasteiger partial charge in [0.2, 0.25) is 0 Å². The number of para-hydroxylation sites is 1. The second-order valence-corrected chi connectivity index (χ2v) is 4.57. The van der Waals surface area contributed by atoms with Crippen molar-refractivity contribution >= 4 is 43.0 Å². The Bertz CT molecular complexity index is 462. The van der Waals surface area contributed by atoms with Crippen molar-refractivity contribution in [2.24, 2.45) is 5.73 Å². The first-order valence-electron chi connectivity index (χ1n) is 4.39. The van der Waals surface area contributed by atoms with E-state index in [0.29, 0.717) is 6.54 Å². The fourth-order valence-electron chi connectivity index (χ4n) is 1.62. The predicted molar refractivity (Wildman–Crippen MR) is 66.7 cm³/mol. The topological polar surface area (TPSA) is 30.9 Å². The van der Waals surface area contributed by atoms with Gasteiger partial charge < -0.3 is 5.73 Å². The Morgan fingerprint density at radius 3 is 2.71 bits per heavy atom. The predicted octanol–water partition coefficient (Wildman–Crippen LogP) is 3.06. The molecule has 0 amide bonds. The third-order valence-electron chi connectivity index (χ3n) is 2.26. The van der Waals surface area contributed by atoms with Gasteiger partial charge in [-0.15, -0.1) is 0 Å². The quantitative estimate of drug-likeness (QED) is 0.906. The maximum absolute atomic E-state index is 5.58. The standard InChI is InChI=1S/C10H10Br2N2/c11-10-8(5-6-13)7-3-1-2-4-9(7)14(10)12/h1-4H,5-6,13H2. The molecule has 14 heavy (non-hydrogen) atoms. The minimum absolute atomic E-state index is 0.666. The molecule has 0 radical (unpaired) electrons. The van der Waals surface area contributed by atoms with E-state index in [-0.39, 0.29) is 0 Å². The molecular weight excluding hydrogens is 308 g/mol. The Balaban J connectivity index is 2.74. The van der Waals surface area contributed by atoms with Gasteiger partial charge in [0.05, 0.1) is 26.3 Å². The number of nitrogens with zero attached hydrogens (tertiary/aromatic N) is 1. The van der Waals surface area contributed by atoms with Crippen LogP contribution in [0.25, 0.3) is 10.9 Å². The summed E-state index contributed by atoms with van der Waals surface area (Å²) in [5.41, 5.74) is 8.02. The zero-order valence-electron chi connectivity index (χ0n) is 7.50. The molecule has 0 unspecified atom stereocenters. The molecule has 2 N–H and O–H groups in total. The molecule has 1 heterocycles. The first kappa shape index (κ1) is 10.2. The maximum atomic E-state index is 5.58. The molecule has 74 valence electrons. The Labute approximate surface area is 99.5 Å². The van der Waals surface area contributed by atoms with Crippen LogP contribution in [-0.2, 0) is 6.42 Å². The number of nitrogens with two attached hydrogens (primary N) is 1. The van der Waals surface area contributed by atoms with E-state index in [1.165, 1.54) is 16.5 Å². The van der Waals surface area contributed by atoms with Crippen molar-refractivity contribution in [2.75, 3.05) is 6.54 Å². The second kappa shape index (κ2) is 4.04. The monoisotopic (exact) mass is 316 g/mol. The highest BCUT2D eigenvalue weighted by molar-refractivity contribution is 9.12. The van der Waals surface area contributed by atoms with Gasteiger partial charge in [0.25, 0.3) is 0 Å². The summed E-state index contributed by atoms with van der Waals surface area (Å²) < 4.78 is 3.03. The number of aromatic nitrogens is 1. The molecule has 0 bridgehead atoms. The van der Waals surface area contributed by atoms with E-state index in [0.717, 1.165) is 11.0 Å². The van der Waals surface area contributed by atoms with Crippen LogP contribution in [0.2, 0.25) is 0 Å². The van der Waals surface area contributed by atoms with E-state index in [4.69, 9.17) is 5.73 Å². The maximum Gasteiger partial charge on any atom is 0.0995 e. The minimum Gasteiger partial charge on any atom is -0.330 e. The third kappa shape index (κ3) is 1.51. The molecule has 0 saturated heterocycles. The number of rotatable bonds is 2. The lowest BCUT2D eigenvalue weighted by Gasteiger charge is -1.96. The van der Waals surface area contributed by atoms with Gasteiger partial charge >= 0.3 is 0 Å². The summed E-state index contributed by atoms with van der Waals surface area (Å²) in [7, 11) is 0. The fourth-order valence-corrected chi connectivity index (χ4v) is 2.74. The molecule has 0 aliphatic rings. The summed E-state index contributed by atoms with van der Waals surface area (Å²) in [5.74, 6) is 0. The summed E-state index contributed by atoms with van der Waals surface area (Å²) in [6.45, 7) is 0.666. The number of benzene rings is 1. The molecule has 0 atom stereocenters. The molecule has 0 saturated carbocycles. The Morgan fingerprint density at radius 2 is 2.00 bits per heavy atom. The van der Waals surface area contributed by atoms with Gasteiger partial charge in [-0.05, 0) is 40.5 Å². The van der Waals surface area contributed by atoms with Crippen LogP contribution in [0.5, 0.6) is 0 Å². The molecule has 4 heteroatoms. The Hall–Kier alpha value is -0.320. The van der Waals surface area contributed by atoms with Gasteiger partial charge in [0, 0.05) is 5.39 Å². The van der Waals surface area contributed by atoms with E-state index in [9.17, 15) is 0 Å². The lowest BCUT2D eigenvalue weighted by atomic mass is 10.1. The highest BCUT2D eigenvalue weighted by atomic mass is 79.9. The largest absolute Gasteiger partial charge is 0.330 e. The lowest BCUT2D eigenvalue weighted by molar-refractivity contribution is 0.968. The van der Waals surface area contributed by atoms with Crippen molar-refractivity contribution in [3.8, 4) is 0 Å². The van der Waals surface area contributed by atoms with Crippen molar-refractivity contribution in [1.29, 1.82) is 0 Å². The van der Waals surface area contributed by atoms with Crippen LogP contribution in [0.4, 0.5) is 0 Å². The van der Waals surface area contributed by atoms with Crippen LogP contribution >= 0.6 is 32.1 Å². The highest BCUT2D eigenvalue weighted by Crippen LogP contribution is 2.31. The van der Waals surface area contributed by atoms with Crippen LogP contribution in [0.1, 0.15) is 5.56 Å². The fraction of sp³-hybridized carbons (Fsp3) is 0.200. The van der Waals surface area contributed by atoms with Gasteiger partial charge in [0.1, 0.15) is 0 Å². The summed E-state index contributed by atoms with van der Waals surface area (Å²) in [6.07, 6.45) is 0.889. The SMILES string of the molecule is NCCc1c(Br)n(Br)c2ccccc12. The zero-order valence-corrected chi connectivity index (χ0v) is 10.7. The average Bonchev–Trinajstić information content (AvgIpc) is 2.45. The van der Waals surface area contributed by atoms with Crippen LogP contribution in [0.15, 0.2) is 28.9 Å². The van der Waals surface area contributed by atoms with E-state index >= 15 is 0 Å². The second-order valence-electron chi connectivity index (χ2n) is 3.11. The van der Waals surface area contributed by atoms with E-state index in [1.807, 2.05) is 15.7 Å². The van der Waals surface area contributed by atoms with E-state index in [2.05, 4.69) is 44.2 Å². The van der Waals surface area contributed by atoms with Gasteiger partial charge in [0.15, 0.2) is 0 Å². The summed E-state index contributed by atoms with van der Waals surface area (Å²) in [4.78, 5) is 0. The van der Waals surface area contributed by atoms with Gasteiger partial charge in [-0.3, -0.25) is 3.59 Å². The van der Waals surface area contributed by atoms with Crippen LogP contribution in [-0.4, -0.2) is 10.1 Å². The minimum atomic E-state index is 0.666. The van der Waals surface area contributed by atoms with Crippen molar-refractivity contribution in [1.82, 2.24) is 3.59 Å². The summed E-state index contributed by atoms with van der Waals surface area (Å²) >= 11 is 7.06. The van der Waals surface area contributed by atoms with Crippen LogP contribution < -0.4 is 5.73 Å². The molecule has 0 aliphatic carbocycles. The highest BCUT2D eigenvalue weighted by Gasteiger charge is 2.12. The first-order chi connectivity index (χ1) is 6.75. The normalized spacial score (nSPS) is 11.1. The zero-order chi connectivity index (χ0) is 10.1. The summed E-state index contributed by atoms with van der Waals surface area (Å²) in [6, 6.07) is 8.26. The molecule has 2 nitrogen and oxygen atoms in total. The molecule has 0 spiro atoms. The van der Waals surface area contributed by atoms with Crippen LogP contribution in [0, 0.1) is 0 Å². The molecule has 0 fully saturated rings. The van der Waals surface area contributed by atoms with Crippen molar-refractivity contribution in [3.05, 3.63) is 34.4 Å². The third-order valence-corrected chi connectivity index (χ3v) is 4.30. The molecule has 0 aliphatic heterocycles. The van der Waals surface area contributed by atoms with Gasteiger partial charge in [-0.25, -0.2) is 0 Å². The Kier molecular flexibility index (Phi) is 2.95. The van der Waals surface area contributed by atoms with E-state index < -0.39 is 0 Å². The molecular formula is C10H10Br2N2. The van der Waals surface area contributed by atoms with Crippen molar-refractivity contribution in [2.45, 2.75) is 6.42 Å². The average molecular weight is 318 g/mol. The number of hydrogen-bond acceptors (Lipinski definition) is 1. The molecule has 2 aromatic rings. The number of fused-ring (bicyclic) bond motifs is 1. The van der Waals surface area contributed by atoms with Gasteiger partial charge in [-0.1, -0.05) is 18.2 Å². The van der Waals surface area contributed by atoms with Crippen LogP contribution in [0.3, 0.4) is 0 Å². The van der Waals surface area contributed by atoms with E-state index in [1.54, 1.807) is 0 Å². The first-order valence-corrected chi connectivity index (χ1v) is 5.90. The summed E-state index contributed by atoms with van der Waals surface area (Å²) in [5, 5.41) is 1.25. The van der Waals surface area contributed by atoms with Gasteiger partial charge in [-0.2, -0.15) is 0 Å². The van der Waals surface area contributed by atoms with Crippen molar-refractivity contribution < 1.29 is 0 Å². The smallest absolute Gasteiger partial charge is 0.0995 e. The van der Waals surface area contributed by atoms with Crippen molar-refractivity contribution in [3.63, 3.8) is 0 Å². The molecule has 1 aromatic carbocycles. The molecule has 2 rings (SSSR count). The number of hydrogen-bond donors (Lipinski definition) is 1. The Morgan fingerprint density at radius 1 is 1.29 bits per heavy atom.